The summed E-state index contributed by atoms with van der Waals surface area (Å²) in [6, 6.07) is 0. The molecule has 0 fully saturated rings. The summed E-state index contributed by atoms with van der Waals surface area (Å²) in [5, 5.41) is 0. The fourth-order valence-corrected chi connectivity index (χ4v) is 1.25. The first-order valence-electron chi connectivity index (χ1n) is 3.57. The highest BCUT2D eigenvalue weighted by Crippen LogP contribution is 2.22. The summed E-state index contributed by atoms with van der Waals surface area (Å²) in [5.41, 5.74) is 5.37. The Balaban J connectivity index is 2.25. The van der Waals surface area contributed by atoms with Crippen molar-refractivity contribution in [3.63, 3.8) is 0 Å². The molecule has 0 saturated heterocycles. The van der Waals surface area contributed by atoms with Crippen molar-refractivity contribution in [3.8, 4) is 0 Å². The molecule has 0 spiro atoms. The lowest BCUT2D eigenvalue weighted by molar-refractivity contribution is -0.00379. The van der Waals surface area contributed by atoms with E-state index in [1.807, 2.05) is 0 Å². The molecule has 0 radical (unpaired) electrons. The Morgan fingerprint density at radius 2 is 2.17 bits per heavy atom. The minimum absolute atomic E-state index is 0.146. The zero-order chi connectivity index (χ0) is 8.77. The van der Waals surface area contributed by atoms with Crippen molar-refractivity contribution in [2.24, 2.45) is 15.7 Å². The predicted octanol–water partition coefficient (Wildman–Crippen LogP) is -0.336. The first kappa shape index (κ1) is 7.45. The van der Waals surface area contributed by atoms with E-state index in [4.69, 9.17) is 5.73 Å². The van der Waals surface area contributed by atoms with Crippen molar-refractivity contribution >= 4 is 11.8 Å². The van der Waals surface area contributed by atoms with Gasteiger partial charge in [-0.15, -0.1) is 0 Å². The molecule has 2 aliphatic rings. The lowest BCUT2D eigenvalue weighted by atomic mass is 10.2. The van der Waals surface area contributed by atoms with E-state index in [1.54, 1.807) is 0 Å². The van der Waals surface area contributed by atoms with Crippen LogP contribution in [-0.4, -0.2) is 42.3 Å². The number of nitrogens with zero attached hydrogens (tertiary/aromatic N) is 3. The van der Waals surface area contributed by atoms with Crippen molar-refractivity contribution in [1.82, 2.24) is 4.90 Å². The zero-order valence-corrected chi connectivity index (χ0v) is 6.30. The van der Waals surface area contributed by atoms with Crippen LogP contribution in [0.1, 0.15) is 0 Å². The Hall–Kier alpha value is -1.20. The first-order valence-corrected chi connectivity index (χ1v) is 3.57. The highest BCUT2D eigenvalue weighted by atomic mass is 19.3. The van der Waals surface area contributed by atoms with Crippen LogP contribution in [0.4, 0.5) is 8.78 Å². The molecule has 0 atom stereocenters. The lowest BCUT2D eigenvalue weighted by Crippen LogP contribution is -2.49. The van der Waals surface area contributed by atoms with Crippen LogP contribution < -0.4 is 5.73 Å². The fourth-order valence-electron chi connectivity index (χ4n) is 1.25. The number of halogens is 2. The minimum atomic E-state index is -2.77. The number of aliphatic imine (C=N–C) groups is 2. The maximum Gasteiger partial charge on any atom is 0.284 e. The molecule has 0 amide bonds. The largest absolute Gasteiger partial charge is 0.369 e. The maximum atomic E-state index is 12.8. The van der Waals surface area contributed by atoms with E-state index in [2.05, 4.69) is 9.98 Å². The van der Waals surface area contributed by atoms with Gasteiger partial charge >= 0.3 is 0 Å². The molecule has 0 saturated carbocycles. The van der Waals surface area contributed by atoms with Gasteiger partial charge in [-0.2, -0.15) is 0 Å². The minimum Gasteiger partial charge on any atom is -0.369 e. The third-order valence-electron chi connectivity index (χ3n) is 1.85. The number of fused-ring (bicyclic) bond motifs is 1. The van der Waals surface area contributed by atoms with Crippen LogP contribution in [0.25, 0.3) is 0 Å². The van der Waals surface area contributed by atoms with Crippen LogP contribution in [0.5, 0.6) is 0 Å². The van der Waals surface area contributed by atoms with E-state index in [9.17, 15) is 8.78 Å². The molecular formula is C6H8F2N4. The summed E-state index contributed by atoms with van der Waals surface area (Å²) in [6.07, 6.45) is 0. The van der Waals surface area contributed by atoms with E-state index in [-0.39, 0.29) is 12.5 Å². The molecule has 0 bridgehead atoms. The third kappa shape index (κ3) is 1.03. The molecule has 0 aliphatic carbocycles. The molecule has 0 aromatic carbocycles. The first-order chi connectivity index (χ1) is 5.58. The standard InChI is InChI=1S/C6H8F2N4/c7-6(8)2-11-4-1-10-5(9)12(4)3-6/h1-3H2,(H2,9,10). The summed E-state index contributed by atoms with van der Waals surface area (Å²) in [7, 11) is 0. The summed E-state index contributed by atoms with van der Waals surface area (Å²) in [6.45, 7) is -0.495. The van der Waals surface area contributed by atoms with Gasteiger partial charge in [0.1, 0.15) is 18.9 Å². The highest BCUT2D eigenvalue weighted by molar-refractivity contribution is 6.05. The lowest BCUT2D eigenvalue weighted by Gasteiger charge is -2.28. The zero-order valence-electron chi connectivity index (χ0n) is 6.30. The average molecular weight is 174 g/mol. The van der Waals surface area contributed by atoms with Gasteiger partial charge in [-0.1, -0.05) is 0 Å². The van der Waals surface area contributed by atoms with E-state index in [0.717, 1.165) is 0 Å². The Labute approximate surface area is 67.8 Å². The van der Waals surface area contributed by atoms with Gasteiger partial charge in [0.25, 0.3) is 5.92 Å². The predicted molar refractivity (Wildman–Crippen MR) is 40.4 cm³/mol. The molecule has 4 nitrogen and oxygen atoms in total. The number of nitrogens with two attached hydrogens (primary N) is 1. The molecular weight excluding hydrogens is 166 g/mol. The molecule has 12 heavy (non-hydrogen) atoms. The second kappa shape index (κ2) is 2.15. The number of hydrogen-bond donors (Lipinski definition) is 1. The quantitative estimate of drug-likeness (QED) is 0.546. The molecule has 2 heterocycles. The van der Waals surface area contributed by atoms with Crippen LogP contribution in [0, 0.1) is 0 Å². The summed E-state index contributed by atoms with van der Waals surface area (Å²) in [4.78, 5) is 8.76. The molecule has 6 heteroatoms. The normalized spacial score (nSPS) is 26.3. The Bertz CT molecular complexity index is 271. The summed E-state index contributed by atoms with van der Waals surface area (Å²) in [5.74, 6) is -2.07. The van der Waals surface area contributed by atoms with Gasteiger partial charge < -0.3 is 5.73 Å². The van der Waals surface area contributed by atoms with Gasteiger partial charge in [0.05, 0.1) is 6.54 Å². The number of hydrogen-bond acceptors (Lipinski definition) is 4. The highest BCUT2D eigenvalue weighted by Gasteiger charge is 2.39. The van der Waals surface area contributed by atoms with Gasteiger partial charge in [-0.3, -0.25) is 9.89 Å². The second-order valence-electron chi connectivity index (χ2n) is 2.85. The van der Waals surface area contributed by atoms with E-state index < -0.39 is 12.5 Å². The third-order valence-corrected chi connectivity index (χ3v) is 1.85. The average Bonchev–Trinajstić information content (AvgIpc) is 2.31. The van der Waals surface area contributed by atoms with Crippen molar-refractivity contribution in [2.75, 3.05) is 19.6 Å². The number of guanidine groups is 1. The number of alkyl halides is 2. The van der Waals surface area contributed by atoms with Gasteiger partial charge in [0.2, 0.25) is 0 Å². The van der Waals surface area contributed by atoms with Crippen LogP contribution in [-0.2, 0) is 0 Å². The van der Waals surface area contributed by atoms with Crippen molar-refractivity contribution in [1.29, 1.82) is 0 Å². The van der Waals surface area contributed by atoms with Crippen molar-refractivity contribution < 1.29 is 8.78 Å². The van der Waals surface area contributed by atoms with Crippen LogP contribution in [0.15, 0.2) is 9.98 Å². The van der Waals surface area contributed by atoms with Gasteiger partial charge in [-0.25, -0.2) is 13.8 Å². The Kier molecular flexibility index (Phi) is 1.33. The molecule has 2 aliphatic heterocycles. The summed E-state index contributed by atoms with van der Waals surface area (Å²) >= 11 is 0. The summed E-state index contributed by atoms with van der Waals surface area (Å²) < 4.78 is 25.5. The van der Waals surface area contributed by atoms with E-state index in [0.29, 0.717) is 12.4 Å². The second-order valence-corrected chi connectivity index (χ2v) is 2.85. The molecule has 66 valence electrons. The fraction of sp³-hybridized carbons (Fsp3) is 0.667. The monoisotopic (exact) mass is 174 g/mol. The Morgan fingerprint density at radius 3 is 2.92 bits per heavy atom. The molecule has 0 aromatic rings. The van der Waals surface area contributed by atoms with Crippen LogP contribution in [0.3, 0.4) is 0 Å². The van der Waals surface area contributed by atoms with E-state index in [1.165, 1.54) is 4.90 Å². The molecule has 2 rings (SSSR count). The Morgan fingerprint density at radius 1 is 1.42 bits per heavy atom. The van der Waals surface area contributed by atoms with Gasteiger partial charge in [0, 0.05) is 0 Å². The molecule has 2 N–H and O–H groups in total. The smallest absolute Gasteiger partial charge is 0.284 e. The maximum absolute atomic E-state index is 12.8. The topological polar surface area (TPSA) is 54.0 Å². The van der Waals surface area contributed by atoms with Gasteiger partial charge in [0.15, 0.2) is 5.96 Å². The number of amidine groups is 1. The van der Waals surface area contributed by atoms with Crippen LogP contribution >= 0.6 is 0 Å². The van der Waals surface area contributed by atoms with E-state index >= 15 is 0 Å². The SMILES string of the molecule is NC1=NCC2=NCC(F)(F)CN12. The number of rotatable bonds is 0. The van der Waals surface area contributed by atoms with Crippen molar-refractivity contribution in [2.45, 2.75) is 5.92 Å². The van der Waals surface area contributed by atoms with Gasteiger partial charge in [-0.05, 0) is 0 Å². The molecule has 0 unspecified atom stereocenters. The molecule has 0 aromatic heterocycles. The van der Waals surface area contributed by atoms with Crippen molar-refractivity contribution in [3.05, 3.63) is 0 Å². The van der Waals surface area contributed by atoms with Crippen LogP contribution in [0.2, 0.25) is 0 Å².